The number of furan rings is 1. The van der Waals surface area contributed by atoms with Gasteiger partial charge in [-0.25, -0.2) is 0 Å². The fourth-order valence-electron chi connectivity index (χ4n) is 10.1. The molecule has 11 aromatic carbocycles. The molecule has 0 fully saturated rings. The molecule has 62 heavy (non-hydrogen) atoms. The molecule has 2 aromatic heterocycles. The number of aromatic nitrogens is 1. The first-order valence-corrected chi connectivity index (χ1v) is 21.3. The van der Waals surface area contributed by atoms with Crippen molar-refractivity contribution < 1.29 is 4.42 Å². The first kappa shape index (κ1) is 34.6. The zero-order chi connectivity index (χ0) is 40.7. The lowest BCUT2D eigenvalue weighted by atomic mass is 9.91. The van der Waals surface area contributed by atoms with E-state index in [9.17, 15) is 0 Å². The van der Waals surface area contributed by atoms with Crippen LogP contribution in [0.2, 0.25) is 0 Å². The highest BCUT2D eigenvalue weighted by molar-refractivity contribution is 6.27. The van der Waals surface area contributed by atoms with Crippen LogP contribution in [0.25, 0.3) is 126 Å². The Hall–Kier alpha value is -8.20. The summed E-state index contributed by atoms with van der Waals surface area (Å²) in [6.07, 6.45) is 0. The van der Waals surface area contributed by atoms with Crippen LogP contribution in [-0.2, 0) is 0 Å². The largest absolute Gasteiger partial charge is 0.455 e. The first-order chi connectivity index (χ1) is 30.7. The van der Waals surface area contributed by atoms with Crippen LogP contribution >= 0.6 is 0 Å². The van der Waals surface area contributed by atoms with Crippen LogP contribution in [0.5, 0.6) is 0 Å². The van der Waals surface area contributed by atoms with Gasteiger partial charge in [0.2, 0.25) is 0 Å². The van der Waals surface area contributed by atoms with Crippen molar-refractivity contribution in [1.29, 1.82) is 0 Å². The second-order valence-electron chi connectivity index (χ2n) is 16.4. The highest BCUT2D eigenvalue weighted by atomic mass is 16.3. The normalized spacial score (nSPS) is 11.9. The minimum absolute atomic E-state index is 0.895. The summed E-state index contributed by atoms with van der Waals surface area (Å²) in [7, 11) is 0. The molecule has 0 saturated carbocycles. The van der Waals surface area contributed by atoms with Crippen LogP contribution < -0.4 is 0 Å². The third kappa shape index (κ3) is 5.30. The average Bonchev–Trinajstić information content (AvgIpc) is 3.91. The number of hydrogen-bond donors (Lipinski definition) is 0. The summed E-state index contributed by atoms with van der Waals surface area (Å²) in [5.41, 5.74) is 14.6. The maximum Gasteiger partial charge on any atom is 0.145 e. The Kier molecular flexibility index (Phi) is 7.64. The minimum Gasteiger partial charge on any atom is -0.455 e. The van der Waals surface area contributed by atoms with E-state index in [1.54, 1.807) is 0 Å². The second kappa shape index (κ2) is 13.7. The quantitative estimate of drug-likeness (QED) is 0.159. The Morgan fingerprint density at radius 3 is 1.44 bits per heavy atom. The van der Waals surface area contributed by atoms with E-state index in [4.69, 9.17) is 4.42 Å². The van der Waals surface area contributed by atoms with Gasteiger partial charge < -0.3 is 8.98 Å². The Balaban J connectivity index is 1.03. The van der Waals surface area contributed by atoms with Crippen molar-refractivity contribution in [1.82, 2.24) is 4.57 Å². The van der Waals surface area contributed by atoms with Gasteiger partial charge in [-0.05, 0) is 125 Å². The fraction of sp³-hybridized carbons (Fsp3) is 0. The summed E-state index contributed by atoms with van der Waals surface area (Å²) in [6.45, 7) is 0. The Morgan fingerprint density at radius 1 is 0.274 bits per heavy atom. The molecule has 0 bridgehead atoms. The second-order valence-corrected chi connectivity index (χ2v) is 16.4. The van der Waals surface area contributed by atoms with E-state index in [0.29, 0.717) is 0 Å². The zero-order valence-electron chi connectivity index (χ0n) is 33.7. The smallest absolute Gasteiger partial charge is 0.145 e. The van der Waals surface area contributed by atoms with Gasteiger partial charge in [0.15, 0.2) is 0 Å². The van der Waals surface area contributed by atoms with Crippen LogP contribution in [-0.4, -0.2) is 4.57 Å². The highest BCUT2D eigenvalue weighted by Crippen LogP contribution is 2.45. The maximum atomic E-state index is 6.86. The van der Waals surface area contributed by atoms with Crippen LogP contribution in [0, 0.1) is 0 Å². The molecule has 288 valence electrons. The summed E-state index contributed by atoms with van der Waals surface area (Å²) in [4.78, 5) is 0. The Bertz CT molecular complexity index is 3800. The lowest BCUT2D eigenvalue weighted by Gasteiger charge is -2.14. The SMILES string of the molecule is c1ccc(-c2cc(-c3ccccc3)cc(-n3c4cccc(-c5ccc(-c6ccc7c8ccccc8c8ccccc8c7c6)cc5)c4c4c5oc6ccccc6c5ccc43)c2)cc1. The molecule has 0 unspecified atom stereocenters. The number of rotatable bonds is 5. The summed E-state index contributed by atoms with van der Waals surface area (Å²) >= 11 is 0. The van der Waals surface area contributed by atoms with Crippen LogP contribution in [0.3, 0.4) is 0 Å². The maximum absolute atomic E-state index is 6.86. The van der Waals surface area contributed by atoms with Gasteiger partial charge in [-0.2, -0.15) is 0 Å². The van der Waals surface area contributed by atoms with E-state index < -0.39 is 0 Å². The van der Waals surface area contributed by atoms with Gasteiger partial charge in [-0.15, -0.1) is 0 Å². The van der Waals surface area contributed by atoms with Crippen molar-refractivity contribution in [3.63, 3.8) is 0 Å². The molecule has 2 heterocycles. The standard InChI is InChI=1S/C60H37NO/c1-3-14-38(15-4-1)43-34-44(39-16-5-2-6-17-39)36-45(35-43)61-55-24-13-23-46(58(55)59-56(61)33-32-53-52-22-11-12-25-57(52)62-60(53)59)41-28-26-40(27-29-41)42-30-31-51-49-20-8-7-18-47(49)48-19-9-10-21-50(48)54(51)37-42/h1-37H. The molecule has 0 aliphatic heterocycles. The van der Waals surface area contributed by atoms with Crippen LogP contribution in [0.4, 0.5) is 0 Å². The first-order valence-electron chi connectivity index (χ1n) is 21.3. The summed E-state index contributed by atoms with van der Waals surface area (Å²) in [6, 6.07) is 81.7. The predicted octanol–water partition coefficient (Wildman–Crippen LogP) is 16.8. The third-order valence-corrected chi connectivity index (χ3v) is 13.0. The summed E-state index contributed by atoms with van der Waals surface area (Å²) in [5.74, 6) is 0. The van der Waals surface area contributed by atoms with Crippen molar-refractivity contribution >= 4 is 76.1 Å². The topological polar surface area (TPSA) is 18.1 Å². The molecule has 2 nitrogen and oxygen atoms in total. The molecule has 13 aromatic rings. The van der Waals surface area contributed by atoms with Gasteiger partial charge in [-0.1, -0.05) is 176 Å². The Labute approximate surface area is 358 Å². The number of hydrogen-bond acceptors (Lipinski definition) is 1. The number of para-hydroxylation sites is 1. The molecular formula is C60H37NO. The van der Waals surface area contributed by atoms with E-state index in [0.717, 1.165) is 49.6 Å². The van der Waals surface area contributed by atoms with E-state index >= 15 is 0 Å². The molecule has 2 heteroatoms. The highest BCUT2D eigenvalue weighted by Gasteiger charge is 2.22. The fourth-order valence-corrected chi connectivity index (χ4v) is 10.1. The van der Waals surface area contributed by atoms with Crippen molar-refractivity contribution in [2.45, 2.75) is 0 Å². The van der Waals surface area contributed by atoms with E-state index in [1.807, 2.05) is 0 Å². The third-order valence-electron chi connectivity index (χ3n) is 13.0. The minimum atomic E-state index is 0.895. The molecule has 0 saturated heterocycles. The van der Waals surface area contributed by atoms with E-state index in [1.165, 1.54) is 76.6 Å². The van der Waals surface area contributed by atoms with Gasteiger partial charge >= 0.3 is 0 Å². The Morgan fingerprint density at radius 2 is 0.774 bits per heavy atom. The molecular weight excluding hydrogens is 751 g/mol. The number of nitrogens with zero attached hydrogens (tertiary/aromatic N) is 1. The molecule has 0 atom stereocenters. The van der Waals surface area contributed by atoms with Crippen LogP contribution in [0.15, 0.2) is 229 Å². The van der Waals surface area contributed by atoms with Crippen LogP contribution in [0.1, 0.15) is 0 Å². The lowest BCUT2D eigenvalue weighted by molar-refractivity contribution is 0.673. The molecule has 0 aliphatic rings. The van der Waals surface area contributed by atoms with Crippen molar-refractivity contribution in [2.24, 2.45) is 0 Å². The monoisotopic (exact) mass is 787 g/mol. The van der Waals surface area contributed by atoms with Crippen molar-refractivity contribution in [3.05, 3.63) is 224 Å². The van der Waals surface area contributed by atoms with Gasteiger partial charge in [-0.3, -0.25) is 0 Å². The van der Waals surface area contributed by atoms with Gasteiger partial charge in [0.1, 0.15) is 11.2 Å². The summed E-state index contributed by atoms with van der Waals surface area (Å²) in [5, 5.41) is 12.3. The number of benzene rings is 11. The van der Waals surface area contributed by atoms with E-state index in [2.05, 4.69) is 229 Å². The molecule has 0 radical (unpaired) electrons. The molecule has 0 aliphatic carbocycles. The van der Waals surface area contributed by atoms with Gasteiger partial charge in [0, 0.05) is 21.8 Å². The molecule has 0 amide bonds. The average molecular weight is 788 g/mol. The lowest BCUT2D eigenvalue weighted by Crippen LogP contribution is -1.96. The predicted molar refractivity (Wildman–Crippen MR) is 262 cm³/mol. The number of fused-ring (bicyclic) bond motifs is 13. The van der Waals surface area contributed by atoms with E-state index in [-0.39, 0.29) is 0 Å². The summed E-state index contributed by atoms with van der Waals surface area (Å²) < 4.78 is 9.30. The van der Waals surface area contributed by atoms with Crippen molar-refractivity contribution in [3.8, 4) is 50.2 Å². The van der Waals surface area contributed by atoms with Crippen molar-refractivity contribution in [2.75, 3.05) is 0 Å². The van der Waals surface area contributed by atoms with Gasteiger partial charge in [0.25, 0.3) is 0 Å². The molecule has 13 rings (SSSR count). The van der Waals surface area contributed by atoms with Gasteiger partial charge in [0.05, 0.1) is 16.4 Å². The molecule has 0 N–H and O–H groups in total. The zero-order valence-corrected chi connectivity index (χ0v) is 33.7. The molecule has 0 spiro atoms.